The number of nitrogens with two attached hydrogens (primary N) is 1. The van der Waals surface area contributed by atoms with Crippen molar-refractivity contribution in [3.05, 3.63) is 0 Å². The first-order valence-corrected chi connectivity index (χ1v) is 4.36. The Morgan fingerprint density at radius 3 is 2.60 bits per heavy atom. The Balaban J connectivity index is 3.13. The number of hydrogen-bond acceptors (Lipinski definition) is 7. The van der Waals surface area contributed by atoms with Crippen molar-refractivity contribution in [2.24, 2.45) is 5.73 Å². The quantitative estimate of drug-likeness (QED) is 0.330. The largest absolute Gasteiger partial charge is 0.394 e. The van der Waals surface area contributed by atoms with Crippen LogP contribution in [0.4, 0.5) is 0 Å². The van der Waals surface area contributed by atoms with E-state index in [1.165, 1.54) is 0 Å². The Morgan fingerprint density at radius 2 is 2.20 bits per heavy atom. The highest BCUT2D eigenvalue weighted by Crippen LogP contribution is 2.27. The van der Waals surface area contributed by atoms with Crippen LogP contribution in [0, 0.1) is 0 Å². The minimum atomic E-state index is -2.69. The van der Waals surface area contributed by atoms with Gasteiger partial charge in [-0.1, -0.05) is 0 Å². The molecule has 1 fully saturated rings. The predicted octanol–water partition coefficient (Wildman–Crippen LogP) is -3.30. The van der Waals surface area contributed by atoms with Crippen LogP contribution in [-0.2, 0) is 9.53 Å². The highest BCUT2D eigenvalue weighted by Gasteiger charge is 2.54. The molecule has 6 N–H and O–H groups in total. The molecule has 1 unspecified atom stereocenters. The van der Waals surface area contributed by atoms with Crippen molar-refractivity contribution in [3.63, 3.8) is 0 Å². The highest BCUT2D eigenvalue weighted by molar-refractivity contribution is 5.84. The van der Waals surface area contributed by atoms with Gasteiger partial charge in [-0.15, -0.1) is 0 Å². The molecule has 0 radical (unpaired) electrons. The van der Waals surface area contributed by atoms with Gasteiger partial charge < -0.3 is 30.9 Å². The molecule has 0 aromatic rings. The predicted molar refractivity (Wildman–Crippen MR) is 47.6 cm³/mol. The highest BCUT2D eigenvalue weighted by atomic mass is 16.7. The van der Waals surface area contributed by atoms with Crippen molar-refractivity contribution in [1.82, 2.24) is 0 Å². The second-order valence-corrected chi connectivity index (χ2v) is 3.44. The maximum atomic E-state index is 11.2. The molecule has 88 valence electrons. The molecule has 0 aliphatic carbocycles. The fraction of sp³-hybridized carbons (Fsp3) is 0.875. The van der Waals surface area contributed by atoms with E-state index in [1.54, 1.807) is 0 Å². The average Bonchev–Trinajstić information content (AvgIpc) is 2.21. The maximum Gasteiger partial charge on any atom is 0.244 e. The summed E-state index contributed by atoms with van der Waals surface area (Å²) in [4.78, 5) is 11.2. The molecule has 0 bridgehead atoms. The second-order valence-electron chi connectivity index (χ2n) is 3.44. The Kier molecular flexibility index (Phi) is 3.01. The standard InChI is InChI=1S/C8H15NO6/c1-3(11)8(14)7(9)6(13)5(12)4(2-10)15-8/h4-7,10,12-14H,2,9H2,1H3/t4-,5+,6+,7-,8?/m1/s1/i6D. The molecule has 1 heterocycles. The zero-order valence-corrected chi connectivity index (χ0v) is 8.12. The lowest BCUT2D eigenvalue weighted by Crippen LogP contribution is -2.70. The molecule has 0 amide bonds. The molecule has 0 spiro atoms. The van der Waals surface area contributed by atoms with Gasteiger partial charge in [-0.25, -0.2) is 0 Å². The van der Waals surface area contributed by atoms with E-state index >= 15 is 0 Å². The van der Waals surface area contributed by atoms with E-state index in [9.17, 15) is 20.1 Å². The van der Waals surface area contributed by atoms with Crippen molar-refractivity contribution < 1.29 is 31.3 Å². The summed E-state index contributed by atoms with van der Waals surface area (Å²) in [6, 6.07) is -1.84. The van der Waals surface area contributed by atoms with Gasteiger partial charge in [0.15, 0.2) is 5.78 Å². The molecule has 1 rings (SSSR count). The fourth-order valence-electron chi connectivity index (χ4n) is 1.38. The van der Waals surface area contributed by atoms with Crippen LogP contribution in [0.25, 0.3) is 0 Å². The van der Waals surface area contributed by atoms with Crippen molar-refractivity contribution in [3.8, 4) is 0 Å². The van der Waals surface area contributed by atoms with Crippen molar-refractivity contribution in [1.29, 1.82) is 0 Å². The summed E-state index contributed by atoms with van der Waals surface area (Å²) in [7, 11) is 0. The van der Waals surface area contributed by atoms with Gasteiger partial charge >= 0.3 is 0 Å². The third-order valence-electron chi connectivity index (χ3n) is 2.41. The maximum absolute atomic E-state index is 11.2. The normalized spacial score (nSPS) is 52.4. The molecular weight excluding hydrogens is 206 g/mol. The molecule has 7 nitrogen and oxygen atoms in total. The zero-order valence-electron chi connectivity index (χ0n) is 9.12. The van der Waals surface area contributed by atoms with Crippen LogP contribution in [0.3, 0.4) is 0 Å². The lowest BCUT2D eigenvalue weighted by molar-refractivity contribution is -0.296. The number of Topliss-reactive ketones (excluding diaryl/α,β-unsaturated/α-hetero) is 1. The van der Waals surface area contributed by atoms with E-state index in [0.717, 1.165) is 6.92 Å². The number of aliphatic hydroxyl groups is 4. The first-order valence-electron chi connectivity index (χ1n) is 4.86. The van der Waals surface area contributed by atoms with Gasteiger partial charge in [0.05, 0.1) is 14.0 Å². The van der Waals surface area contributed by atoms with Crippen LogP contribution in [0.2, 0.25) is 0 Å². The topological polar surface area (TPSA) is 133 Å². The number of ketones is 1. The summed E-state index contributed by atoms with van der Waals surface area (Å²) >= 11 is 0. The second kappa shape index (κ2) is 4.12. The minimum absolute atomic E-state index is 0.773. The Morgan fingerprint density at radius 1 is 1.67 bits per heavy atom. The summed E-state index contributed by atoms with van der Waals surface area (Å²) < 4.78 is 12.1. The summed E-state index contributed by atoms with van der Waals surface area (Å²) in [6.07, 6.45) is -5.98. The third kappa shape index (κ3) is 1.89. The molecule has 15 heavy (non-hydrogen) atoms. The van der Waals surface area contributed by atoms with Crippen LogP contribution < -0.4 is 5.73 Å². The van der Waals surface area contributed by atoms with Gasteiger partial charge in [0.2, 0.25) is 5.79 Å². The van der Waals surface area contributed by atoms with E-state index < -0.39 is 42.5 Å². The molecule has 0 aromatic carbocycles. The Bertz CT molecular complexity index is 298. The van der Waals surface area contributed by atoms with Gasteiger partial charge in [0.25, 0.3) is 0 Å². The molecule has 1 aliphatic rings. The van der Waals surface area contributed by atoms with Gasteiger partial charge in [0, 0.05) is 6.92 Å². The zero-order chi connectivity index (χ0) is 12.7. The van der Waals surface area contributed by atoms with Crippen molar-refractivity contribution >= 4 is 5.78 Å². The Hall–Kier alpha value is -0.570. The first kappa shape index (κ1) is 10.9. The SMILES string of the molecule is [2H][C@]1(O)[C@@H](O)[C@@H](CO)OC(O)(C(C)=O)[C@@H]1N. The summed E-state index contributed by atoms with van der Waals surface area (Å²) in [5, 5.41) is 37.7. The third-order valence-corrected chi connectivity index (χ3v) is 2.41. The van der Waals surface area contributed by atoms with E-state index in [2.05, 4.69) is 0 Å². The minimum Gasteiger partial charge on any atom is -0.394 e. The van der Waals surface area contributed by atoms with Crippen LogP contribution >= 0.6 is 0 Å². The molecule has 1 saturated heterocycles. The van der Waals surface area contributed by atoms with Gasteiger partial charge in [-0.05, 0) is 0 Å². The van der Waals surface area contributed by atoms with E-state index in [1.807, 2.05) is 0 Å². The first-order chi connectivity index (χ1) is 7.17. The van der Waals surface area contributed by atoms with Crippen molar-refractivity contribution in [2.45, 2.75) is 37.0 Å². The molecule has 7 heteroatoms. The smallest absolute Gasteiger partial charge is 0.244 e. The lowest BCUT2D eigenvalue weighted by Gasteiger charge is -2.44. The van der Waals surface area contributed by atoms with Crippen LogP contribution in [0.1, 0.15) is 8.29 Å². The van der Waals surface area contributed by atoms with E-state index in [4.69, 9.17) is 16.9 Å². The molecule has 1 aliphatic heterocycles. The van der Waals surface area contributed by atoms with E-state index in [-0.39, 0.29) is 0 Å². The number of ether oxygens (including phenoxy) is 1. The lowest BCUT2D eigenvalue weighted by atomic mass is 9.89. The number of carbonyl (C=O) groups excluding carboxylic acids is 1. The van der Waals surface area contributed by atoms with E-state index in [0.29, 0.717) is 0 Å². The fourth-order valence-corrected chi connectivity index (χ4v) is 1.38. The van der Waals surface area contributed by atoms with Crippen LogP contribution in [-0.4, -0.2) is 62.9 Å². The van der Waals surface area contributed by atoms with Gasteiger partial charge in [0.1, 0.15) is 18.3 Å². The summed E-state index contributed by atoms with van der Waals surface area (Å²) in [6.45, 7) is 0.187. The molecule has 5 atom stereocenters. The summed E-state index contributed by atoms with van der Waals surface area (Å²) in [5.74, 6) is -3.51. The molecule has 0 saturated carbocycles. The summed E-state index contributed by atoms with van der Waals surface area (Å²) in [5.41, 5.74) is 5.32. The number of rotatable bonds is 2. The monoisotopic (exact) mass is 222 g/mol. The number of hydrogen-bond donors (Lipinski definition) is 5. The van der Waals surface area contributed by atoms with Crippen LogP contribution in [0.5, 0.6) is 0 Å². The van der Waals surface area contributed by atoms with Crippen molar-refractivity contribution in [2.75, 3.05) is 6.61 Å². The molecular formula is C8H15NO6. The number of aliphatic hydroxyl groups excluding tert-OH is 2. The van der Waals surface area contributed by atoms with Gasteiger partial charge in [-0.3, -0.25) is 4.79 Å². The van der Waals surface area contributed by atoms with Gasteiger partial charge in [-0.2, -0.15) is 0 Å². The average molecular weight is 222 g/mol. The molecule has 0 aromatic heterocycles. The number of carbonyl (C=O) groups is 1. The van der Waals surface area contributed by atoms with Crippen LogP contribution in [0.15, 0.2) is 0 Å². The Labute approximate surface area is 87.5 Å².